The van der Waals surface area contributed by atoms with E-state index in [1.807, 2.05) is 24.3 Å². The maximum absolute atomic E-state index is 12.6. The van der Waals surface area contributed by atoms with Crippen LogP contribution in [-0.2, 0) is 11.3 Å². The van der Waals surface area contributed by atoms with E-state index in [-0.39, 0.29) is 17.9 Å². The molecular weight excluding hydrogens is 370 g/mol. The lowest BCUT2D eigenvalue weighted by Gasteiger charge is -2.36. The number of rotatable bonds is 7. The average Bonchev–Trinajstić information content (AvgIpc) is 3.22. The number of piperidine rings is 1. The maximum Gasteiger partial charge on any atom is 0.251 e. The highest BCUT2D eigenvalue weighted by atomic mass is 32.1. The lowest BCUT2D eigenvalue weighted by atomic mass is 9.97. The van der Waals surface area contributed by atoms with Crippen LogP contribution in [0, 0.1) is 5.92 Å². The van der Waals surface area contributed by atoms with Crippen LogP contribution >= 0.6 is 11.3 Å². The molecule has 1 aliphatic heterocycles. The summed E-state index contributed by atoms with van der Waals surface area (Å²) in [4.78, 5) is 27.5. The Hall–Kier alpha value is -2.18. The molecule has 1 atom stereocenters. The number of benzene rings is 1. The van der Waals surface area contributed by atoms with Gasteiger partial charge in [0.1, 0.15) is 0 Å². The Morgan fingerprint density at radius 1 is 1.14 bits per heavy atom. The third kappa shape index (κ3) is 5.66. The average molecular weight is 400 g/mol. The molecular formula is C22H29N3O2S. The van der Waals surface area contributed by atoms with Gasteiger partial charge in [-0.25, -0.2) is 0 Å². The van der Waals surface area contributed by atoms with Crippen LogP contribution in [0.3, 0.4) is 0 Å². The molecule has 3 rings (SSSR count). The second-order valence-corrected chi connectivity index (χ2v) is 8.55. The van der Waals surface area contributed by atoms with Gasteiger partial charge in [-0.15, -0.1) is 11.3 Å². The zero-order chi connectivity index (χ0) is 19.9. The zero-order valence-corrected chi connectivity index (χ0v) is 17.4. The van der Waals surface area contributed by atoms with Crippen LogP contribution in [-0.4, -0.2) is 36.3 Å². The molecule has 0 aliphatic carbocycles. The molecule has 1 fully saturated rings. The molecule has 0 spiro atoms. The Balaban J connectivity index is 1.59. The van der Waals surface area contributed by atoms with Crippen LogP contribution in [0.4, 0.5) is 0 Å². The van der Waals surface area contributed by atoms with Crippen molar-refractivity contribution in [2.75, 3.05) is 19.6 Å². The summed E-state index contributed by atoms with van der Waals surface area (Å²) in [6.45, 7) is 7.06. The Bertz CT molecular complexity index is 766. The van der Waals surface area contributed by atoms with Crippen LogP contribution < -0.4 is 10.6 Å². The van der Waals surface area contributed by atoms with Crippen LogP contribution in [0.1, 0.15) is 53.5 Å². The summed E-state index contributed by atoms with van der Waals surface area (Å²) < 4.78 is 0. The van der Waals surface area contributed by atoms with E-state index in [9.17, 15) is 9.59 Å². The molecule has 150 valence electrons. The summed E-state index contributed by atoms with van der Waals surface area (Å²) in [5.41, 5.74) is 1.62. The lowest BCUT2D eigenvalue weighted by molar-refractivity contribution is -0.119. The molecule has 2 amide bonds. The fourth-order valence-electron chi connectivity index (χ4n) is 3.52. The molecule has 1 saturated heterocycles. The Morgan fingerprint density at radius 3 is 2.46 bits per heavy atom. The number of thiophene rings is 1. The molecule has 2 N–H and O–H groups in total. The van der Waals surface area contributed by atoms with Crippen molar-refractivity contribution >= 4 is 23.2 Å². The predicted molar refractivity (Wildman–Crippen MR) is 113 cm³/mol. The van der Waals surface area contributed by atoms with E-state index in [1.165, 1.54) is 24.6 Å². The smallest absolute Gasteiger partial charge is 0.251 e. The molecule has 1 aromatic carbocycles. The van der Waals surface area contributed by atoms with E-state index in [1.54, 1.807) is 11.3 Å². The van der Waals surface area contributed by atoms with Crippen molar-refractivity contribution in [1.29, 1.82) is 0 Å². The van der Waals surface area contributed by atoms with E-state index < -0.39 is 0 Å². The molecule has 2 aromatic rings. The minimum Gasteiger partial charge on any atom is -0.352 e. The molecule has 1 aliphatic rings. The van der Waals surface area contributed by atoms with Crippen molar-refractivity contribution in [2.45, 2.75) is 39.3 Å². The van der Waals surface area contributed by atoms with Gasteiger partial charge < -0.3 is 10.6 Å². The Kier molecular flexibility index (Phi) is 7.23. The van der Waals surface area contributed by atoms with Crippen molar-refractivity contribution in [3.05, 3.63) is 57.8 Å². The number of nitrogens with zero attached hydrogens (tertiary/aromatic N) is 1. The highest BCUT2D eigenvalue weighted by Crippen LogP contribution is 2.29. The number of amides is 2. The van der Waals surface area contributed by atoms with Crippen LogP contribution in [0.5, 0.6) is 0 Å². The third-order valence-electron chi connectivity index (χ3n) is 5.34. The SMILES string of the molecule is CC(=O)NCc1ccc(C(=O)NCC(c2cccs2)N2CCC(C)CC2)cc1. The van der Waals surface area contributed by atoms with Gasteiger partial charge in [0.2, 0.25) is 5.91 Å². The minimum absolute atomic E-state index is 0.0574. The van der Waals surface area contributed by atoms with E-state index >= 15 is 0 Å². The third-order valence-corrected chi connectivity index (χ3v) is 6.32. The van der Waals surface area contributed by atoms with Gasteiger partial charge in [0.25, 0.3) is 5.91 Å². The number of carbonyl (C=O) groups excluding carboxylic acids is 2. The summed E-state index contributed by atoms with van der Waals surface area (Å²) >= 11 is 1.76. The van der Waals surface area contributed by atoms with Crippen molar-refractivity contribution < 1.29 is 9.59 Å². The summed E-state index contributed by atoms with van der Waals surface area (Å²) in [5, 5.41) is 7.99. The van der Waals surface area contributed by atoms with Gasteiger partial charge >= 0.3 is 0 Å². The molecule has 0 bridgehead atoms. The van der Waals surface area contributed by atoms with Gasteiger partial charge in [-0.3, -0.25) is 14.5 Å². The summed E-state index contributed by atoms with van der Waals surface area (Å²) in [7, 11) is 0. The van der Waals surface area contributed by atoms with Gasteiger partial charge in [0.15, 0.2) is 0 Å². The first-order valence-electron chi connectivity index (χ1n) is 9.92. The highest BCUT2D eigenvalue weighted by molar-refractivity contribution is 7.10. The highest BCUT2D eigenvalue weighted by Gasteiger charge is 2.25. The van der Waals surface area contributed by atoms with E-state index in [4.69, 9.17) is 0 Å². The first kappa shape index (κ1) is 20.6. The van der Waals surface area contributed by atoms with Crippen LogP contribution in [0.25, 0.3) is 0 Å². The fraction of sp³-hybridized carbons (Fsp3) is 0.455. The summed E-state index contributed by atoms with van der Waals surface area (Å²) in [6.07, 6.45) is 2.43. The standard InChI is InChI=1S/C22H29N3O2S/c1-16-9-11-25(12-10-16)20(21-4-3-13-28-21)15-24-22(27)19-7-5-18(6-8-19)14-23-17(2)26/h3-8,13,16,20H,9-12,14-15H2,1-2H3,(H,23,26)(H,24,27). The largest absolute Gasteiger partial charge is 0.352 e. The molecule has 1 aromatic heterocycles. The summed E-state index contributed by atoms with van der Waals surface area (Å²) in [5.74, 6) is 0.664. The monoisotopic (exact) mass is 399 g/mol. The van der Waals surface area contributed by atoms with E-state index in [2.05, 4.69) is 40.0 Å². The predicted octanol–water partition coefficient (Wildman–Crippen LogP) is 3.59. The van der Waals surface area contributed by atoms with E-state index in [0.717, 1.165) is 24.6 Å². The number of hydrogen-bond acceptors (Lipinski definition) is 4. The fourth-order valence-corrected chi connectivity index (χ4v) is 4.38. The van der Waals surface area contributed by atoms with Gasteiger partial charge in [-0.2, -0.15) is 0 Å². The number of hydrogen-bond donors (Lipinski definition) is 2. The zero-order valence-electron chi connectivity index (χ0n) is 16.6. The number of likely N-dealkylation sites (tertiary alicyclic amines) is 1. The Labute approximate surface area is 171 Å². The number of nitrogens with one attached hydrogen (secondary N) is 2. The van der Waals surface area contributed by atoms with Crippen molar-refractivity contribution in [2.24, 2.45) is 5.92 Å². The quantitative estimate of drug-likeness (QED) is 0.748. The van der Waals surface area contributed by atoms with Gasteiger partial charge in [-0.05, 0) is 61.0 Å². The topological polar surface area (TPSA) is 61.4 Å². The van der Waals surface area contributed by atoms with Crippen molar-refractivity contribution in [3.8, 4) is 0 Å². The Morgan fingerprint density at radius 2 is 1.86 bits per heavy atom. The van der Waals surface area contributed by atoms with Gasteiger partial charge in [0, 0.05) is 30.5 Å². The molecule has 28 heavy (non-hydrogen) atoms. The first-order valence-corrected chi connectivity index (χ1v) is 10.8. The minimum atomic E-state index is -0.0615. The second kappa shape index (κ2) is 9.85. The molecule has 6 heteroatoms. The number of carbonyl (C=O) groups is 2. The molecule has 0 saturated carbocycles. The van der Waals surface area contributed by atoms with Crippen molar-refractivity contribution in [1.82, 2.24) is 15.5 Å². The molecule has 0 radical (unpaired) electrons. The van der Waals surface area contributed by atoms with Gasteiger partial charge in [0.05, 0.1) is 6.04 Å². The molecule has 5 nitrogen and oxygen atoms in total. The van der Waals surface area contributed by atoms with E-state index in [0.29, 0.717) is 18.7 Å². The van der Waals surface area contributed by atoms with Crippen LogP contribution in [0.15, 0.2) is 41.8 Å². The van der Waals surface area contributed by atoms with Gasteiger partial charge in [-0.1, -0.05) is 25.1 Å². The molecule has 1 unspecified atom stereocenters. The normalized spacial score (nSPS) is 16.5. The second-order valence-electron chi connectivity index (χ2n) is 7.57. The first-order chi connectivity index (χ1) is 13.5. The summed E-state index contributed by atoms with van der Waals surface area (Å²) in [6, 6.07) is 11.9. The molecule has 2 heterocycles. The maximum atomic E-state index is 12.6. The van der Waals surface area contributed by atoms with Crippen LogP contribution in [0.2, 0.25) is 0 Å². The lowest BCUT2D eigenvalue weighted by Crippen LogP contribution is -2.41. The van der Waals surface area contributed by atoms with Crippen molar-refractivity contribution in [3.63, 3.8) is 0 Å².